The Morgan fingerprint density at radius 3 is 2.20 bits per heavy atom. The highest BCUT2D eigenvalue weighted by molar-refractivity contribution is 6.84. The molecular formula is C37H64N4O8Si2. The lowest BCUT2D eigenvalue weighted by Gasteiger charge is -2.51. The van der Waals surface area contributed by atoms with Crippen LogP contribution in [0.1, 0.15) is 79.2 Å². The molecule has 4 rings (SSSR count). The molecule has 51 heavy (non-hydrogen) atoms. The first-order chi connectivity index (χ1) is 24.1. The van der Waals surface area contributed by atoms with Crippen molar-refractivity contribution in [3.8, 4) is 0 Å². The van der Waals surface area contributed by atoms with E-state index in [2.05, 4.69) is 79.7 Å². The number of aromatic nitrogens is 2. The van der Waals surface area contributed by atoms with E-state index in [0.717, 1.165) is 29.6 Å². The Morgan fingerprint density at radius 1 is 0.941 bits per heavy atom. The lowest BCUT2D eigenvalue weighted by molar-refractivity contribution is -0.0739. The first-order valence-corrected chi connectivity index (χ1v) is 22.7. The monoisotopic (exact) mass is 748 g/mol. The van der Waals surface area contributed by atoms with E-state index in [-0.39, 0.29) is 42.1 Å². The molecule has 0 radical (unpaired) electrons. The van der Waals surface area contributed by atoms with Crippen LogP contribution in [-0.4, -0.2) is 96.4 Å². The molecule has 1 aromatic carbocycles. The highest BCUT2D eigenvalue weighted by atomic mass is 28.5. The average Bonchev–Trinajstić information content (AvgIpc) is 3.39. The fourth-order valence-corrected chi connectivity index (χ4v) is 18.5. The molecule has 2 saturated heterocycles. The third-order valence-electron chi connectivity index (χ3n) is 10.1. The van der Waals surface area contributed by atoms with Crippen molar-refractivity contribution in [1.29, 1.82) is 0 Å². The quantitative estimate of drug-likeness (QED) is 0.170. The number of aryl methyl sites for hydroxylation is 1. The van der Waals surface area contributed by atoms with Gasteiger partial charge in [-0.15, -0.1) is 0 Å². The van der Waals surface area contributed by atoms with E-state index in [1.54, 1.807) is 13.1 Å². The van der Waals surface area contributed by atoms with Gasteiger partial charge in [0.05, 0.1) is 19.8 Å². The molecule has 0 saturated carbocycles. The first-order valence-electron chi connectivity index (χ1n) is 18.7. The van der Waals surface area contributed by atoms with E-state index in [1.807, 2.05) is 30.3 Å². The predicted octanol–water partition coefficient (Wildman–Crippen LogP) is 5.27. The van der Waals surface area contributed by atoms with Crippen LogP contribution < -0.4 is 16.6 Å². The molecule has 12 nitrogen and oxygen atoms in total. The van der Waals surface area contributed by atoms with Gasteiger partial charge in [0.15, 0.2) is 6.23 Å². The van der Waals surface area contributed by atoms with Crippen molar-refractivity contribution in [2.24, 2.45) is 0 Å². The molecule has 0 aliphatic carbocycles. The Kier molecular flexibility index (Phi) is 15.0. The summed E-state index contributed by atoms with van der Waals surface area (Å²) in [4.78, 5) is 29.7. The maximum absolute atomic E-state index is 14.2. The van der Waals surface area contributed by atoms with E-state index in [9.17, 15) is 9.59 Å². The minimum absolute atomic E-state index is 0.107. The van der Waals surface area contributed by atoms with Crippen LogP contribution in [-0.2, 0) is 40.5 Å². The van der Waals surface area contributed by atoms with E-state index in [0.29, 0.717) is 18.7 Å². The molecule has 2 aromatic rings. The molecule has 0 spiro atoms. The Labute approximate surface area is 307 Å². The number of nitrogens with zero attached hydrogens (tertiary/aromatic N) is 3. The van der Waals surface area contributed by atoms with Gasteiger partial charge in [-0.2, -0.15) is 0 Å². The summed E-state index contributed by atoms with van der Waals surface area (Å²) < 4.78 is 43.8. The van der Waals surface area contributed by atoms with Gasteiger partial charge in [0.25, 0.3) is 5.56 Å². The van der Waals surface area contributed by atoms with Crippen LogP contribution in [0.25, 0.3) is 0 Å². The summed E-state index contributed by atoms with van der Waals surface area (Å²) in [5, 5.41) is 3.48. The van der Waals surface area contributed by atoms with Crippen molar-refractivity contribution in [3.05, 3.63) is 68.5 Å². The molecule has 2 aliphatic rings. The Hall–Kier alpha value is -1.99. The third kappa shape index (κ3) is 9.58. The summed E-state index contributed by atoms with van der Waals surface area (Å²) in [7, 11) is -1.71. The zero-order valence-electron chi connectivity index (χ0n) is 32.8. The molecule has 0 bridgehead atoms. The lowest BCUT2D eigenvalue weighted by Crippen LogP contribution is -2.66. The van der Waals surface area contributed by atoms with Gasteiger partial charge in [-0.05, 0) is 68.3 Å². The second-order valence-electron chi connectivity index (χ2n) is 15.6. The highest BCUT2D eigenvalue weighted by Crippen LogP contribution is 2.48. The predicted molar refractivity (Wildman–Crippen MR) is 204 cm³/mol. The first kappa shape index (κ1) is 41.8. The van der Waals surface area contributed by atoms with Crippen molar-refractivity contribution < 1.29 is 27.2 Å². The minimum atomic E-state index is -3.02. The SMILES string of the molecule is Cc1cn([C@@H]2O[C@@H]3CO[Si](C(C)C)(C(C)C)O[Si](C(C)C)(C(C)C)O[C@H]3[C@H]2OCCNCCCN(C)C)c(=O)n(COCc2ccccc2)c1=O. The highest BCUT2D eigenvalue weighted by Gasteiger charge is 2.62. The van der Waals surface area contributed by atoms with E-state index >= 15 is 0 Å². The van der Waals surface area contributed by atoms with E-state index in [4.69, 9.17) is 27.2 Å². The molecule has 2 fully saturated rings. The van der Waals surface area contributed by atoms with Gasteiger partial charge in [0, 0.05) is 18.3 Å². The Bertz CT molecular complexity index is 1480. The molecule has 0 amide bonds. The van der Waals surface area contributed by atoms with Gasteiger partial charge < -0.3 is 37.4 Å². The van der Waals surface area contributed by atoms with Crippen LogP contribution in [0.2, 0.25) is 22.2 Å². The number of benzene rings is 1. The standard InChI is InChI=1S/C37H64N4O8Si2/c1-26(2)50(27(3)4)46-24-32-33(48-51(49-50,28(5)6)29(7)8)34(45-21-19-38-18-15-20-39(10)11)36(47-32)40-22-30(9)35(42)41(37(40)43)25-44-23-31-16-13-12-14-17-31/h12-14,16-17,22,26-29,32-34,36,38H,15,18-21,23-25H2,1-11H3/t32-,33-,34-,36-/m1/s1. The van der Waals surface area contributed by atoms with Gasteiger partial charge in [-0.3, -0.25) is 9.36 Å². The fourth-order valence-electron chi connectivity index (χ4n) is 7.32. The summed E-state index contributed by atoms with van der Waals surface area (Å²) in [6.07, 6.45) is -0.0345. The van der Waals surface area contributed by atoms with Gasteiger partial charge in [0.1, 0.15) is 25.0 Å². The third-order valence-corrected chi connectivity index (χ3v) is 20.4. The van der Waals surface area contributed by atoms with Crippen LogP contribution in [0.5, 0.6) is 0 Å². The Morgan fingerprint density at radius 2 is 1.59 bits per heavy atom. The maximum atomic E-state index is 14.2. The molecular weight excluding hydrogens is 685 g/mol. The number of ether oxygens (including phenoxy) is 3. The van der Waals surface area contributed by atoms with Crippen molar-refractivity contribution in [2.75, 3.05) is 46.9 Å². The fraction of sp³-hybridized carbons (Fsp3) is 0.730. The summed E-state index contributed by atoms with van der Waals surface area (Å²) in [6.45, 7) is 22.3. The largest absolute Gasteiger partial charge is 0.414 e. The molecule has 3 heterocycles. The van der Waals surface area contributed by atoms with Crippen LogP contribution in [0, 0.1) is 6.92 Å². The van der Waals surface area contributed by atoms with Crippen molar-refractivity contribution >= 4 is 17.1 Å². The molecule has 0 unspecified atom stereocenters. The lowest BCUT2D eigenvalue weighted by atomic mass is 10.1. The van der Waals surface area contributed by atoms with Gasteiger partial charge in [-0.1, -0.05) is 85.7 Å². The summed E-state index contributed by atoms with van der Waals surface area (Å²) in [5.74, 6) is 0. The average molecular weight is 749 g/mol. The summed E-state index contributed by atoms with van der Waals surface area (Å²) in [6, 6.07) is 9.66. The van der Waals surface area contributed by atoms with Gasteiger partial charge in [0.2, 0.25) is 0 Å². The van der Waals surface area contributed by atoms with E-state index in [1.165, 1.54) is 4.57 Å². The van der Waals surface area contributed by atoms with Gasteiger partial charge >= 0.3 is 22.8 Å². The molecule has 1 aromatic heterocycles. The smallest absolute Gasteiger partial charge is 0.335 e. The van der Waals surface area contributed by atoms with Crippen molar-refractivity contribution in [1.82, 2.24) is 19.4 Å². The normalized spacial score (nSPS) is 23.4. The van der Waals surface area contributed by atoms with Crippen molar-refractivity contribution in [3.63, 3.8) is 0 Å². The maximum Gasteiger partial charge on any atom is 0.335 e. The zero-order chi connectivity index (χ0) is 37.5. The number of fused-ring (bicyclic) bond motifs is 1. The van der Waals surface area contributed by atoms with Gasteiger partial charge in [-0.25, -0.2) is 9.36 Å². The van der Waals surface area contributed by atoms with Crippen LogP contribution >= 0.6 is 0 Å². The molecule has 2 aliphatic heterocycles. The van der Waals surface area contributed by atoms with Crippen molar-refractivity contribution in [2.45, 2.75) is 129 Å². The second-order valence-corrected chi connectivity index (χ2v) is 24.4. The summed E-state index contributed by atoms with van der Waals surface area (Å²) >= 11 is 0. The van der Waals surface area contributed by atoms with Crippen LogP contribution in [0.4, 0.5) is 0 Å². The zero-order valence-corrected chi connectivity index (χ0v) is 34.8. The molecule has 288 valence electrons. The molecule has 4 atom stereocenters. The number of hydrogen-bond donors (Lipinski definition) is 1. The molecule has 1 N–H and O–H groups in total. The van der Waals surface area contributed by atoms with E-state index < -0.39 is 52.9 Å². The van der Waals surface area contributed by atoms with Crippen LogP contribution in [0.3, 0.4) is 0 Å². The second kappa shape index (κ2) is 18.4. The number of nitrogens with one attached hydrogen (secondary N) is 1. The topological polar surface area (TPSA) is 115 Å². The Balaban J connectivity index is 1.72. The summed E-state index contributed by atoms with van der Waals surface area (Å²) in [5.41, 5.74) is 0.969. The molecule has 14 heteroatoms. The number of hydrogen-bond acceptors (Lipinski definition) is 10. The van der Waals surface area contributed by atoms with Crippen LogP contribution in [0.15, 0.2) is 46.1 Å². The number of rotatable bonds is 17. The minimum Gasteiger partial charge on any atom is -0.414 e.